The summed E-state index contributed by atoms with van der Waals surface area (Å²) in [4.78, 5) is 12.6. The monoisotopic (exact) mass is 398 g/mol. The summed E-state index contributed by atoms with van der Waals surface area (Å²) >= 11 is 1.15. The second-order valence-electron chi connectivity index (χ2n) is 5.72. The highest BCUT2D eigenvalue weighted by Crippen LogP contribution is 2.31. The number of ether oxygens (including phenoxy) is 2. The molecule has 0 unspecified atom stereocenters. The van der Waals surface area contributed by atoms with Gasteiger partial charge in [-0.3, -0.25) is 4.79 Å². The van der Waals surface area contributed by atoms with Crippen molar-refractivity contribution < 1.29 is 17.9 Å². The van der Waals surface area contributed by atoms with E-state index < -0.39 is 15.4 Å². The molecule has 1 saturated heterocycles. The standard InChI is InChI=1S/C15H18N4O5S2/c1-23-11-4-3-9(7-12(11)24-2)13-14(20)19(16)15(18-17-13)25-10-5-6-26(21,22)8-10/h3-4,7,10H,5-6,8,16H2,1-2H3/t10-/m1/s1. The van der Waals surface area contributed by atoms with Crippen molar-refractivity contribution >= 4 is 21.6 Å². The number of benzene rings is 1. The number of nitrogen functional groups attached to an aromatic ring is 1. The van der Waals surface area contributed by atoms with E-state index in [0.29, 0.717) is 23.5 Å². The van der Waals surface area contributed by atoms with E-state index in [1.54, 1.807) is 18.2 Å². The third kappa shape index (κ3) is 3.63. The number of rotatable bonds is 5. The summed E-state index contributed by atoms with van der Waals surface area (Å²) in [5.74, 6) is 7.02. The molecule has 0 amide bonds. The molecule has 1 fully saturated rings. The lowest BCUT2D eigenvalue weighted by Gasteiger charge is -2.12. The lowest BCUT2D eigenvalue weighted by Crippen LogP contribution is -2.32. The zero-order valence-electron chi connectivity index (χ0n) is 14.2. The molecular formula is C15H18N4O5S2. The molecule has 2 heterocycles. The van der Waals surface area contributed by atoms with Crippen LogP contribution in [0.4, 0.5) is 0 Å². The normalized spacial score (nSPS) is 18.6. The lowest BCUT2D eigenvalue weighted by molar-refractivity contribution is 0.355. The van der Waals surface area contributed by atoms with Gasteiger partial charge < -0.3 is 15.3 Å². The average Bonchev–Trinajstić information content (AvgIpc) is 2.97. The van der Waals surface area contributed by atoms with Gasteiger partial charge in [-0.1, -0.05) is 11.8 Å². The van der Waals surface area contributed by atoms with Gasteiger partial charge in [0.15, 0.2) is 27.0 Å². The van der Waals surface area contributed by atoms with Crippen LogP contribution < -0.4 is 20.9 Å². The highest BCUT2D eigenvalue weighted by Gasteiger charge is 2.30. The Bertz CT molecular complexity index is 990. The third-order valence-corrected chi connectivity index (χ3v) is 7.19. The number of nitrogens with two attached hydrogens (primary N) is 1. The third-order valence-electron chi connectivity index (χ3n) is 3.98. The van der Waals surface area contributed by atoms with Gasteiger partial charge in [0.1, 0.15) is 0 Å². The highest BCUT2D eigenvalue weighted by atomic mass is 32.2. The van der Waals surface area contributed by atoms with Gasteiger partial charge >= 0.3 is 0 Å². The molecule has 0 spiro atoms. The van der Waals surface area contributed by atoms with Crippen LogP contribution in [0.5, 0.6) is 11.5 Å². The number of hydrogen-bond acceptors (Lipinski definition) is 9. The largest absolute Gasteiger partial charge is 0.493 e. The molecule has 140 valence electrons. The van der Waals surface area contributed by atoms with Gasteiger partial charge in [-0.2, -0.15) is 4.68 Å². The summed E-state index contributed by atoms with van der Waals surface area (Å²) in [5, 5.41) is 7.99. The Morgan fingerprint density at radius 2 is 1.96 bits per heavy atom. The van der Waals surface area contributed by atoms with Gasteiger partial charge in [-0.15, -0.1) is 10.2 Å². The zero-order chi connectivity index (χ0) is 18.9. The van der Waals surface area contributed by atoms with Crippen molar-refractivity contribution in [2.45, 2.75) is 16.8 Å². The Balaban J connectivity index is 1.92. The molecule has 0 radical (unpaired) electrons. The molecule has 26 heavy (non-hydrogen) atoms. The summed E-state index contributed by atoms with van der Waals surface area (Å²) < 4.78 is 34.4. The molecule has 0 aliphatic carbocycles. The summed E-state index contributed by atoms with van der Waals surface area (Å²) in [6.45, 7) is 0. The number of aromatic nitrogens is 3. The molecule has 2 aromatic rings. The number of sulfone groups is 1. The van der Waals surface area contributed by atoms with Crippen LogP contribution in [0.15, 0.2) is 28.2 Å². The molecule has 0 bridgehead atoms. The topological polar surface area (TPSA) is 126 Å². The van der Waals surface area contributed by atoms with E-state index >= 15 is 0 Å². The Morgan fingerprint density at radius 3 is 2.58 bits per heavy atom. The van der Waals surface area contributed by atoms with Crippen LogP contribution >= 0.6 is 11.8 Å². The van der Waals surface area contributed by atoms with Crippen LogP contribution in [0.1, 0.15) is 6.42 Å². The predicted molar refractivity (Wildman–Crippen MR) is 97.9 cm³/mol. The van der Waals surface area contributed by atoms with E-state index in [-0.39, 0.29) is 27.6 Å². The fourth-order valence-electron chi connectivity index (χ4n) is 2.63. The number of nitrogens with zero attached hydrogens (tertiary/aromatic N) is 3. The second kappa shape index (κ2) is 7.16. The number of thioether (sulfide) groups is 1. The van der Waals surface area contributed by atoms with Crippen molar-refractivity contribution in [2.24, 2.45) is 0 Å². The van der Waals surface area contributed by atoms with Gasteiger partial charge in [-0.25, -0.2) is 8.42 Å². The number of methoxy groups -OCH3 is 2. The minimum Gasteiger partial charge on any atom is -0.493 e. The Kier molecular flexibility index (Phi) is 5.10. The lowest BCUT2D eigenvalue weighted by atomic mass is 10.1. The van der Waals surface area contributed by atoms with Gasteiger partial charge in [0, 0.05) is 10.8 Å². The first kappa shape index (κ1) is 18.5. The average molecular weight is 398 g/mol. The van der Waals surface area contributed by atoms with E-state index in [0.717, 1.165) is 16.4 Å². The van der Waals surface area contributed by atoms with Crippen molar-refractivity contribution in [3.05, 3.63) is 28.6 Å². The van der Waals surface area contributed by atoms with E-state index in [2.05, 4.69) is 10.2 Å². The maximum atomic E-state index is 12.6. The molecule has 1 aliphatic rings. The molecule has 1 aromatic heterocycles. The molecule has 1 aromatic carbocycles. The van der Waals surface area contributed by atoms with Crippen LogP contribution in [-0.4, -0.2) is 54.3 Å². The molecule has 2 N–H and O–H groups in total. The fourth-order valence-corrected chi connectivity index (χ4v) is 6.04. The minimum absolute atomic E-state index is 0.0466. The van der Waals surface area contributed by atoms with Crippen molar-refractivity contribution in [1.29, 1.82) is 0 Å². The Labute approximate surface area is 154 Å². The van der Waals surface area contributed by atoms with E-state index in [9.17, 15) is 13.2 Å². The van der Waals surface area contributed by atoms with Gasteiger partial charge in [0.25, 0.3) is 5.56 Å². The van der Waals surface area contributed by atoms with Crippen LogP contribution in [0.2, 0.25) is 0 Å². The Morgan fingerprint density at radius 1 is 1.23 bits per heavy atom. The SMILES string of the molecule is COc1ccc(-c2nnc(S[C@@H]3CCS(=O)(=O)C3)n(N)c2=O)cc1OC. The molecule has 1 aliphatic heterocycles. The van der Waals surface area contributed by atoms with Crippen LogP contribution in [0.3, 0.4) is 0 Å². The van der Waals surface area contributed by atoms with Gasteiger partial charge in [-0.05, 0) is 24.6 Å². The first-order valence-corrected chi connectivity index (χ1v) is 10.4. The van der Waals surface area contributed by atoms with E-state index in [4.69, 9.17) is 15.3 Å². The first-order valence-electron chi connectivity index (χ1n) is 7.69. The summed E-state index contributed by atoms with van der Waals surface area (Å²) in [6, 6.07) is 4.92. The van der Waals surface area contributed by atoms with Gasteiger partial charge in [0.2, 0.25) is 5.16 Å². The Hall–Kier alpha value is -2.27. The summed E-state index contributed by atoms with van der Waals surface area (Å²) in [6.07, 6.45) is 0.500. The smallest absolute Gasteiger partial charge is 0.299 e. The summed E-state index contributed by atoms with van der Waals surface area (Å²) in [7, 11) is -0.0237. The zero-order valence-corrected chi connectivity index (χ0v) is 15.8. The first-order chi connectivity index (χ1) is 12.3. The predicted octanol–water partition coefficient (Wildman–Crippen LogP) is 0.316. The van der Waals surface area contributed by atoms with Crippen LogP contribution in [0, 0.1) is 0 Å². The number of hydrogen-bond donors (Lipinski definition) is 1. The molecule has 3 rings (SSSR count). The van der Waals surface area contributed by atoms with Crippen LogP contribution in [-0.2, 0) is 9.84 Å². The quantitative estimate of drug-likeness (QED) is 0.708. The van der Waals surface area contributed by atoms with E-state index in [1.807, 2.05) is 0 Å². The van der Waals surface area contributed by atoms with Crippen molar-refractivity contribution in [3.63, 3.8) is 0 Å². The van der Waals surface area contributed by atoms with Crippen molar-refractivity contribution in [2.75, 3.05) is 31.6 Å². The minimum atomic E-state index is -3.03. The maximum absolute atomic E-state index is 12.6. The maximum Gasteiger partial charge on any atom is 0.299 e. The van der Waals surface area contributed by atoms with Gasteiger partial charge in [0.05, 0.1) is 25.7 Å². The van der Waals surface area contributed by atoms with Crippen molar-refractivity contribution in [1.82, 2.24) is 14.9 Å². The summed E-state index contributed by atoms with van der Waals surface area (Å²) in [5.41, 5.74) is 0.0202. The molecule has 9 nitrogen and oxygen atoms in total. The fraction of sp³-hybridized carbons (Fsp3) is 0.400. The second-order valence-corrected chi connectivity index (χ2v) is 9.22. The molecule has 11 heteroatoms. The molecule has 0 saturated carbocycles. The van der Waals surface area contributed by atoms with E-state index in [1.165, 1.54) is 14.2 Å². The highest BCUT2D eigenvalue weighted by molar-refractivity contribution is 8.01. The molecular weight excluding hydrogens is 380 g/mol. The molecule has 1 atom stereocenters. The van der Waals surface area contributed by atoms with Crippen LogP contribution in [0.25, 0.3) is 11.3 Å². The van der Waals surface area contributed by atoms with Crippen molar-refractivity contribution in [3.8, 4) is 22.8 Å².